The molecule has 5 heteroatoms. The van der Waals surface area contributed by atoms with Gasteiger partial charge in [-0.25, -0.2) is 4.79 Å². The Balaban J connectivity index is 1.36. The van der Waals surface area contributed by atoms with Crippen molar-refractivity contribution in [2.75, 3.05) is 13.2 Å². The molecule has 2 heterocycles. The minimum absolute atomic E-state index is 0.119. The van der Waals surface area contributed by atoms with Crippen LogP contribution in [0.1, 0.15) is 44.8 Å². The minimum atomic E-state index is -0.356. The molecule has 2 aromatic rings. The summed E-state index contributed by atoms with van der Waals surface area (Å²) in [6.07, 6.45) is 5.17. The van der Waals surface area contributed by atoms with Crippen molar-refractivity contribution in [1.82, 2.24) is 4.90 Å². The molecule has 0 unspecified atom stereocenters. The van der Waals surface area contributed by atoms with Gasteiger partial charge in [-0.2, -0.15) is 0 Å². The molecule has 0 fully saturated rings. The molecule has 1 aliphatic carbocycles. The van der Waals surface area contributed by atoms with Gasteiger partial charge < -0.3 is 9.64 Å². The molecular weight excluding hydrogens is 334 g/mol. The largest absolute Gasteiger partial charge is 0.452 e. The third-order valence-corrected chi connectivity index (χ3v) is 6.18. The van der Waals surface area contributed by atoms with E-state index < -0.39 is 0 Å². The summed E-state index contributed by atoms with van der Waals surface area (Å²) in [5.41, 5.74) is 4.28. The van der Waals surface area contributed by atoms with E-state index in [-0.39, 0.29) is 18.5 Å². The molecule has 1 aromatic carbocycles. The van der Waals surface area contributed by atoms with Crippen molar-refractivity contribution in [3.05, 3.63) is 56.8 Å². The van der Waals surface area contributed by atoms with Gasteiger partial charge in [0.15, 0.2) is 6.61 Å². The lowest BCUT2D eigenvalue weighted by Crippen LogP contribution is -2.38. The highest BCUT2D eigenvalue weighted by atomic mass is 32.1. The van der Waals surface area contributed by atoms with Gasteiger partial charge in [0.2, 0.25) is 0 Å². The fourth-order valence-electron chi connectivity index (χ4n) is 3.67. The number of carbonyl (C=O) groups excluding carboxylic acids is 2. The number of carbonyl (C=O) groups is 2. The molecule has 1 amide bonds. The van der Waals surface area contributed by atoms with Crippen molar-refractivity contribution < 1.29 is 14.3 Å². The molecule has 0 saturated carbocycles. The van der Waals surface area contributed by atoms with Gasteiger partial charge in [-0.3, -0.25) is 4.79 Å². The summed E-state index contributed by atoms with van der Waals surface area (Å²) in [6.45, 7) is 1.10. The maximum atomic E-state index is 12.4. The topological polar surface area (TPSA) is 46.6 Å². The minimum Gasteiger partial charge on any atom is -0.452 e. The second-order valence-electron chi connectivity index (χ2n) is 6.67. The van der Waals surface area contributed by atoms with E-state index in [0.29, 0.717) is 18.7 Å². The Hall–Kier alpha value is -2.14. The van der Waals surface area contributed by atoms with Crippen LogP contribution in [0.15, 0.2) is 29.6 Å². The average Bonchev–Trinajstić information content (AvgIpc) is 3.09. The summed E-state index contributed by atoms with van der Waals surface area (Å²) in [5.74, 6) is -0.475. The van der Waals surface area contributed by atoms with Crippen molar-refractivity contribution in [2.24, 2.45) is 0 Å². The maximum Gasteiger partial charge on any atom is 0.339 e. The number of thiophene rings is 1. The Morgan fingerprint density at radius 2 is 1.88 bits per heavy atom. The molecule has 2 aliphatic rings. The first kappa shape index (κ1) is 16.3. The fraction of sp³-hybridized carbons (Fsp3) is 0.400. The van der Waals surface area contributed by atoms with Crippen molar-refractivity contribution in [1.29, 1.82) is 0 Å². The lowest BCUT2D eigenvalue weighted by atomic mass is 9.96. The van der Waals surface area contributed by atoms with Gasteiger partial charge in [0.25, 0.3) is 5.91 Å². The van der Waals surface area contributed by atoms with Crippen molar-refractivity contribution in [2.45, 2.75) is 38.6 Å². The normalized spacial score (nSPS) is 16.1. The first-order valence-corrected chi connectivity index (χ1v) is 9.71. The molecule has 0 saturated heterocycles. The van der Waals surface area contributed by atoms with Crippen LogP contribution >= 0.6 is 11.3 Å². The van der Waals surface area contributed by atoms with Crippen molar-refractivity contribution >= 4 is 23.2 Å². The van der Waals surface area contributed by atoms with Crippen LogP contribution in [0.4, 0.5) is 0 Å². The highest BCUT2D eigenvalue weighted by Crippen LogP contribution is 2.30. The average molecular weight is 355 g/mol. The number of benzene rings is 1. The van der Waals surface area contributed by atoms with E-state index in [0.717, 1.165) is 31.2 Å². The molecule has 130 valence electrons. The summed E-state index contributed by atoms with van der Waals surface area (Å²) < 4.78 is 5.33. The number of amides is 1. The van der Waals surface area contributed by atoms with E-state index in [1.54, 1.807) is 16.2 Å². The highest BCUT2D eigenvalue weighted by Gasteiger charge is 2.24. The summed E-state index contributed by atoms with van der Waals surface area (Å²) in [7, 11) is 0. The van der Waals surface area contributed by atoms with E-state index in [1.165, 1.54) is 22.4 Å². The molecular formula is C20H21NO3S. The van der Waals surface area contributed by atoms with Crippen LogP contribution in [0.2, 0.25) is 0 Å². The van der Waals surface area contributed by atoms with Crippen LogP contribution in [0.25, 0.3) is 0 Å². The van der Waals surface area contributed by atoms with E-state index in [4.69, 9.17) is 4.74 Å². The van der Waals surface area contributed by atoms with Crippen LogP contribution in [0.5, 0.6) is 0 Å². The van der Waals surface area contributed by atoms with Gasteiger partial charge in [0.1, 0.15) is 0 Å². The van der Waals surface area contributed by atoms with Gasteiger partial charge in [0.05, 0.1) is 5.56 Å². The molecule has 4 nitrogen and oxygen atoms in total. The van der Waals surface area contributed by atoms with Gasteiger partial charge in [-0.05, 0) is 48.8 Å². The van der Waals surface area contributed by atoms with Gasteiger partial charge >= 0.3 is 5.97 Å². The Labute approximate surface area is 151 Å². The summed E-state index contributed by atoms with van der Waals surface area (Å²) >= 11 is 1.64. The van der Waals surface area contributed by atoms with Crippen molar-refractivity contribution in [3.8, 4) is 0 Å². The monoisotopic (exact) mass is 355 g/mol. The van der Waals surface area contributed by atoms with Gasteiger partial charge in [-0.15, -0.1) is 11.3 Å². The number of aryl methyl sites for hydroxylation is 1. The first-order valence-electron chi connectivity index (χ1n) is 8.83. The molecule has 0 radical (unpaired) electrons. The van der Waals surface area contributed by atoms with Crippen LogP contribution in [0, 0.1) is 0 Å². The molecule has 0 bridgehead atoms. The summed E-state index contributed by atoms with van der Waals surface area (Å²) in [5, 5.41) is 1.89. The third kappa shape index (κ3) is 3.33. The van der Waals surface area contributed by atoms with Gasteiger partial charge in [0, 0.05) is 23.3 Å². The summed E-state index contributed by atoms with van der Waals surface area (Å²) in [4.78, 5) is 27.9. The Bertz CT molecular complexity index is 811. The second kappa shape index (κ2) is 7.00. The molecule has 0 atom stereocenters. The fourth-order valence-corrected chi connectivity index (χ4v) is 4.79. The van der Waals surface area contributed by atoms with Crippen LogP contribution in [-0.2, 0) is 35.3 Å². The lowest BCUT2D eigenvalue weighted by molar-refractivity contribution is -0.135. The Kier molecular flexibility index (Phi) is 4.57. The predicted octanol–water partition coefficient (Wildman–Crippen LogP) is 3.37. The number of hydrogen-bond donors (Lipinski definition) is 0. The Morgan fingerprint density at radius 3 is 2.76 bits per heavy atom. The third-order valence-electron chi connectivity index (χ3n) is 5.09. The molecule has 1 aliphatic heterocycles. The zero-order valence-electron chi connectivity index (χ0n) is 14.1. The zero-order valence-corrected chi connectivity index (χ0v) is 14.9. The van der Waals surface area contributed by atoms with Crippen LogP contribution in [0.3, 0.4) is 0 Å². The number of hydrogen-bond acceptors (Lipinski definition) is 4. The van der Waals surface area contributed by atoms with E-state index >= 15 is 0 Å². The number of nitrogens with zero attached hydrogens (tertiary/aromatic N) is 1. The SMILES string of the molecule is O=C(OCC(=O)N1CCc2ccccc2C1)c1csc2c1CCCC2. The van der Waals surface area contributed by atoms with Crippen LogP contribution < -0.4 is 0 Å². The standard InChI is InChI=1S/C20H21NO3S/c22-19(21-10-9-14-5-1-2-6-15(14)11-21)12-24-20(23)17-13-25-18-8-4-3-7-16(17)18/h1-2,5-6,13H,3-4,7-12H2. The molecule has 1 aromatic heterocycles. The maximum absolute atomic E-state index is 12.4. The second-order valence-corrected chi connectivity index (χ2v) is 7.63. The molecule has 0 N–H and O–H groups in total. The predicted molar refractivity (Wildman–Crippen MR) is 96.8 cm³/mol. The molecule has 25 heavy (non-hydrogen) atoms. The number of esters is 1. The smallest absolute Gasteiger partial charge is 0.339 e. The van der Waals surface area contributed by atoms with Gasteiger partial charge in [-0.1, -0.05) is 24.3 Å². The first-order chi connectivity index (χ1) is 12.2. The van der Waals surface area contributed by atoms with E-state index in [2.05, 4.69) is 12.1 Å². The number of ether oxygens (including phenoxy) is 1. The molecule has 4 rings (SSSR count). The Morgan fingerprint density at radius 1 is 1.08 bits per heavy atom. The zero-order chi connectivity index (χ0) is 17.2. The number of fused-ring (bicyclic) bond motifs is 2. The summed E-state index contributed by atoms with van der Waals surface area (Å²) in [6, 6.07) is 8.18. The van der Waals surface area contributed by atoms with Crippen molar-refractivity contribution in [3.63, 3.8) is 0 Å². The van der Waals surface area contributed by atoms with E-state index in [1.807, 2.05) is 17.5 Å². The molecule has 0 spiro atoms. The number of rotatable bonds is 3. The quantitative estimate of drug-likeness (QED) is 0.793. The lowest BCUT2D eigenvalue weighted by Gasteiger charge is -2.28. The highest BCUT2D eigenvalue weighted by molar-refractivity contribution is 7.10. The van der Waals surface area contributed by atoms with Crippen LogP contribution in [-0.4, -0.2) is 29.9 Å². The van der Waals surface area contributed by atoms with E-state index in [9.17, 15) is 9.59 Å².